The van der Waals surface area contributed by atoms with Gasteiger partial charge in [-0.25, -0.2) is 8.42 Å². The maximum atomic E-state index is 12.7. The molecule has 3 aromatic rings. The van der Waals surface area contributed by atoms with Gasteiger partial charge in [-0.15, -0.1) is 11.3 Å². The van der Waals surface area contributed by atoms with Gasteiger partial charge in [0.05, 0.1) is 20.3 Å². The number of thiophene rings is 1. The van der Waals surface area contributed by atoms with E-state index >= 15 is 0 Å². The molecular formula is C14H11ClN2O3S2. The van der Waals surface area contributed by atoms with Crippen molar-refractivity contribution < 1.29 is 13.2 Å². The van der Waals surface area contributed by atoms with Crippen LogP contribution in [0.2, 0.25) is 4.34 Å². The van der Waals surface area contributed by atoms with Crippen LogP contribution in [0, 0.1) is 0 Å². The first kappa shape index (κ1) is 15.1. The first-order chi connectivity index (χ1) is 10.4. The SMILES string of the molecule is CNC(=O)c1cccc2c(S(=O)(=O)c3ccc(Cl)s3)c[nH]c12. The highest BCUT2D eigenvalue weighted by atomic mass is 35.5. The second-order valence-corrected chi connectivity index (χ2v) is 8.38. The van der Waals surface area contributed by atoms with Gasteiger partial charge in [-0.1, -0.05) is 23.7 Å². The molecule has 114 valence electrons. The summed E-state index contributed by atoms with van der Waals surface area (Å²) < 4.78 is 26.0. The van der Waals surface area contributed by atoms with Gasteiger partial charge in [0.15, 0.2) is 0 Å². The van der Waals surface area contributed by atoms with Gasteiger partial charge < -0.3 is 10.3 Å². The summed E-state index contributed by atoms with van der Waals surface area (Å²) in [5.74, 6) is -0.282. The van der Waals surface area contributed by atoms with Gasteiger partial charge in [-0.05, 0) is 18.2 Å². The molecule has 0 aliphatic carbocycles. The lowest BCUT2D eigenvalue weighted by Crippen LogP contribution is -2.18. The quantitative estimate of drug-likeness (QED) is 0.758. The Morgan fingerprint density at radius 2 is 2.05 bits per heavy atom. The van der Waals surface area contributed by atoms with Crippen LogP contribution in [0.15, 0.2) is 45.6 Å². The molecule has 0 bridgehead atoms. The van der Waals surface area contributed by atoms with E-state index in [1.807, 2.05) is 0 Å². The fourth-order valence-electron chi connectivity index (χ4n) is 2.23. The highest BCUT2D eigenvalue weighted by Crippen LogP contribution is 2.34. The van der Waals surface area contributed by atoms with E-state index in [0.717, 1.165) is 11.3 Å². The number of carbonyl (C=O) groups excluding carboxylic acids is 1. The predicted octanol–water partition coefficient (Wildman–Crippen LogP) is 3.08. The van der Waals surface area contributed by atoms with Gasteiger partial charge in [0.2, 0.25) is 9.84 Å². The molecule has 8 heteroatoms. The molecule has 0 unspecified atom stereocenters. The molecule has 2 aromatic heterocycles. The molecule has 0 radical (unpaired) electrons. The number of H-pyrrole nitrogens is 1. The Morgan fingerprint density at radius 1 is 1.27 bits per heavy atom. The van der Waals surface area contributed by atoms with Crippen molar-refractivity contribution in [3.05, 3.63) is 46.4 Å². The lowest BCUT2D eigenvalue weighted by Gasteiger charge is -2.03. The van der Waals surface area contributed by atoms with Crippen molar-refractivity contribution in [1.82, 2.24) is 10.3 Å². The highest BCUT2D eigenvalue weighted by Gasteiger charge is 2.24. The number of para-hydroxylation sites is 1. The van der Waals surface area contributed by atoms with Crippen LogP contribution in [0.5, 0.6) is 0 Å². The number of sulfone groups is 1. The van der Waals surface area contributed by atoms with E-state index in [1.165, 1.54) is 19.3 Å². The van der Waals surface area contributed by atoms with Crippen LogP contribution < -0.4 is 5.32 Å². The Labute approximate surface area is 135 Å². The van der Waals surface area contributed by atoms with Gasteiger partial charge in [0.1, 0.15) is 4.21 Å². The number of aromatic nitrogens is 1. The van der Waals surface area contributed by atoms with Crippen molar-refractivity contribution >= 4 is 49.6 Å². The number of fused-ring (bicyclic) bond motifs is 1. The number of amides is 1. The van der Waals surface area contributed by atoms with E-state index in [2.05, 4.69) is 10.3 Å². The highest BCUT2D eigenvalue weighted by molar-refractivity contribution is 7.93. The second-order valence-electron chi connectivity index (χ2n) is 4.52. The number of hydrogen-bond donors (Lipinski definition) is 2. The molecule has 0 aliphatic heterocycles. The Hall–Kier alpha value is -1.83. The average molecular weight is 355 g/mol. The van der Waals surface area contributed by atoms with Crippen LogP contribution in [0.1, 0.15) is 10.4 Å². The van der Waals surface area contributed by atoms with Crippen LogP contribution in [-0.4, -0.2) is 26.4 Å². The van der Waals surface area contributed by atoms with Crippen LogP contribution in [0.25, 0.3) is 10.9 Å². The fourth-order valence-corrected chi connectivity index (χ4v) is 5.25. The molecule has 22 heavy (non-hydrogen) atoms. The summed E-state index contributed by atoms with van der Waals surface area (Å²) in [5.41, 5.74) is 0.883. The largest absolute Gasteiger partial charge is 0.359 e. The van der Waals surface area contributed by atoms with Crippen LogP contribution >= 0.6 is 22.9 Å². The number of aromatic amines is 1. The standard InChI is InChI=1S/C14H11ClN2O3S2/c1-16-14(18)9-4-2-3-8-10(7-17-13(8)9)22(19,20)12-6-5-11(15)21-12/h2-7,17H,1H3,(H,16,18). The molecule has 0 fully saturated rings. The van der Waals surface area contributed by atoms with E-state index in [4.69, 9.17) is 11.6 Å². The third-order valence-corrected chi connectivity index (χ3v) is 6.77. The number of carbonyl (C=O) groups is 1. The lowest BCUT2D eigenvalue weighted by atomic mass is 10.1. The van der Waals surface area contributed by atoms with Gasteiger partial charge in [0.25, 0.3) is 5.91 Å². The maximum Gasteiger partial charge on any atom is 0.253 e. The third kappa shape index (κ3) is 2.31. The predicted molar refractivity (Wildman–Crippen MR) is 86.5 cm³/mol. The van der Waals surface area contributed by atoms with Crippen molar-refractivity contribution in [2.75, 3.05) is 7.05 Å². The minimum atomic E-state index is -3.68. The van der Waals surface area contributed by atoms with E-state index in [0.29, 0.717) is 20.8 Å². The van der Waals surface area contributed by atoms with E-state index in [-0.39, 0.29) is 15.0 Å². The summed E-state index contributed by atoms with van der Waals surface area (Å²) >= 11 is 6.83. The lowest BCUT2D eigenvalue weighted by molar-refractivity contribution is 0.0964. The molecule has 5 nitrogen and oxygen atoms in total. The Bertz CT molecular complexity index is 973. The summed E-state index contributed by atoms with van der Waals surface area (Å²) in [6.07, 6.45) is 1.40. The molecule has 1 amide bonds. The monoisotopic (exact) mass is 354 g/mol. The zero-order valence-corrected chi connectivity index (χ0v) is 13.8. The van der Waals surface area contributed by atoms with E-state index in [1.54, 1.807) is 24.3 Å². The fraction of sp³-hybridized carbons (Fsp3) is 0.0714. The van der Waals surface area contributed by atoms with Gasteiger partial charge in [0, 0.05) is 18.6 Å². The number of hydrogen-bond acceptors (Lipinski definition) is 4. The third-order valence-electron chi connectivity index (χ3n) is 3.25. The molecule has 3 rings (SSSR count). The molecule has 0 saturated heterocycles. The van der Waals surface area contributed by atoms with Gasteiger partial charge in [-0.2, -0.15) is 0 Å². The minimum absolute atomic E-state index is 0.131. The van der Waals surface area contributed by atoms with Crippen molar-refractivity contribution in [2.24, 2.45) is 0 Å². The number of rotatable bonds is 3. The molecule has 0 aliphatic rings. The maximum absolute atomic E-state index is 12.7. The molecule has 2 heterocycles. The molecule has 0 atom stereocenters. The summed E-state index contributed by atoms with van der Waals surface area (Å²) in [6, 6.07) is 7.98. The molecule has 0 saturated carbocycles. The van der Waals surface area contributed by atoms with Crippen LogP contribution in [0.3, 0.4) is 0 Å². The second kappa shape index (κ2) is 5.42. The molecule has 2 N–H and O–H groups in total. The van der Waals surface area contributed by atoms with Crippen molar-refractivity contribution in [2.45, 2.75) is 9.10 Å². The first-order valence-corrected chi connectivity index (χ1v) is 8.95. The summed E-state index contributed by atoms with van der Waals surface area (Å²) in [5, 5.41) is 3.01. The molecule has 1 aromatic carbocycles. The molecular weight excluding hydrogens is 344 g/mol. The van der Waals surface area contributed by atoms with Crippen molar-refractivity contribution in [3.8, 4) is 0 Å². The Balaban J connectivity index is 2.23. The number of nitrogens with one attached hydrogen (secondary N) is 2. The Morgan fingerprint density at radius 3 is 2.68 bits per heavy atom. The first-order valence-electron chi connectivity index (χ1n) is 6.27. The van der Waals surface area contributed by atoms with Gasteiger partial charge in [-0.3, -0.25) is 4.79 Å². The summed E-state index contributed by atoms with van der Waals surface area (Å²) in [7, 11) is -2.16. The minimum Gasteiger partial charge on any atom is -0.359 e. The van der Waals surface area contributed by atoms with E-state index in [9.17, 15) is 13.2 Å². The van der Waals surface area contributed by atoms with Crippen LogP contribution in [-0.2, 0) is 9.84 Å². The Kier molecular flexibility index (Phi) is 3.72. The normalized spacial score (nSPS) is 11.7. The summed E-state index contributed by atoms with van der Waals surface area (Å²) in [6.45, 7) is 0. The number of halogens is 1. The van der Waals surface area contributed by atoms with Crippen molar-refractivity contribution in [1.29, 1.82) is 0 Å². The topological polar surface area (TPSA) is 79.0 Å². The smallest absolute Gasteiger partial charge is 0.253 e. The zero-order chi connectivity index (χ0) is 15.9. The number of benzene rings is 1. The molecule has 0 spiro atoms. The average Bonchev–Trinajstić information content (AvgIpc) is 3.12. The zero-order valence-electron chi connectivity index (χ0n) is 11.4. The van der Waals surface area contributed by atoms with Crippen molar-refractivity contribution in [3.63, 3.8) is 0 Å². The van der Waals surface area contributed by atoms with E-state index < -0.39 is 9.84 Å². The van der Waals surface area contributed by atoms with Crippen LogP contribution in [0.4, 0.5) is 0 Å². The van der Waals surface area contributed by atoms with Gasteiger partial charge >= 0.3 is 0 Å². The summed E-state index contributed by atoms with van der Waals surface area (Å²) in [4.78, 5) is 14.9.